The molecule has 0 fully saturated rings. The van der Waals surface area contributed by atoms with Crippen LogP contribution in [0, 0.1) is 6.92 Å². The van der Waals surface area contributed by atoms with Crippen molar-refractivity contribution in [2.75, 3.05) is 20.1 Å². The third-order valence-electron chi connectivity index (χ3n) is 4.46. The molecule has 3 rings (SSSR count). The van der Waals surface area contributed by atoms with Crippen molar-refractivity contribution >= 4 is 40.8 Å². The largest absolute Gasteiger partial charge is 0.361 e. The first kappa shape index (κ1) is 20.3. The SMILES string of the molecule is CN=C(NCCc1ccccc1)NCCc1c[nH]c2cccc(C)c12.I. The van der Waals surface area contributed by atoms with Crippen LogP contribution in [0.2, 0.25) is 0 Å². The molecule has 0 amide bonds. The van der Waals surface area contributed by atoms with Crippen LogP contribution >= 0.6 is 24.0 Å². The number of nitrogens with zero attached hydrogens (tertiary/aromatic N) is 1. The van der Waals surface area contributed by atoms with Gasteiger partial charge in [0.25, 0.3) is 0 Å². The number of nitrogens with one attached hydrogen (secondary N) is 3. The number of fused-ring (bicyclic) bond motifs is 1. The number of guanidine groups is 1. The van der Waals surface area contributed by atoms with Crippen LogP contribution < -0.4 is 10.6 Å². The number of H-pyrrole nitrogens is 1. The summed E-state index contributed by atoms with van der Waals surface area (Å²) >= 11 is 0. The monoisotopic (exact) mass is 462 g/mol. The molecule has 0 bridgehead atoms. The van der Waals surface area contributed by atoms with Crippen LogP contribution in [0.25, 0.3) is 10.9 Å². The minimum atomic E-state index is 0. The number of hydrogen-bond donors (Lipinski definition) is 3. The second kappa shape index (κ2) is 10.2. The number of aryl methyl sites for hydroxylation is 1. The van der Waals surface area contributed by atoms with E-state index in [1.807, 2.05) is 13.1 Å². The van der Waals surface area contributed by atoms with Gasteiger partial charge in [0.1, 0.15) is 0 Å². The fourth-order valence-corrected chi connectivity index (χ4v) is 3.15. The molecule has 4 nitrogen and oxygen atoms in total. The Labute approximate surface area is 172 Å². The second-order valence-electron chi connectivity index (χ2n) is 6.22. The van der Waals surface area contributed by atoms with Gasteiger partial charge in [0, 0.05) is 37.2 Å². The van der Waals surface area contributed by atoms with Gasteiger partial charge in [-0.15, -0.1) is 24.0 Å². The molecule has 0 aliphatic heterocycles. The summed E-state index contributed by atoms with van der Waals surface area (Å²) in [6, 6.07) is 16.9. The average molecular weight is 462 g/mol. The van der Waals surface area contributed by atoms with Crippen LogP contribution in [0.15, 0.2) is 59.7 Å². The molecule has 0 atom stereocenters. The Balaban J connectivity index is 0.00000243. The van der Waals surface area contributed by atoms with E-state index in [-0.39, 0.29) is 24.0 Å². The number of rotatable bonds is 6. The van der Waals surface area contributed by atoms with E-state index in [1.54, 1.807) is 0 Å². The first-order valence-corrected chi connectivity index (χ1v) is 8.82. The number of aromatic nitrogens is 1. The Morgan fingerprint density at radius 3 is 2.42 bits per heavy atom. The predicted molar refractivity (Wildman–Crippen MR) is 122 cm³/mol. The van der Waals surface area contributed by atoms with E-state index in [1.165, 1.54) is 27.6 Å². The summed E-state index contributed by atoms with van der Waals surface area (Å²) in [6.45, 7) is 3.89. The molecule has 3 aromatic rings. The van der Waals surface area contributed by atoms with E-state index in [0.717, 1.165) is 31.9 Å². The number of halogens is 1. The number of benzene rings is 2. The molecule has 0 unspecified atom stereocenters. The maximum absolute atomic E-state index is 4.30. The van der Waals surface area contributed by atoms with E-state index in [9.17, 15) is 0 Å². The Hall–Kier alpha value is -2.02. The topological polar surface area (TPSA) is 52.2 Å². The van der Waals surface area contributed by atoms with Crippen molar-refractivity contribution in [2.24, 2.45) is 4.99 Å². The summed E-state index contributed by atoms with van der Waals surface area (Å²) in [5, 5.41) is 8.12. The molecule has 1 aromatic heterocycles. The van der Waals surface area contributed by atoms with Gasteiger partial charge in [0.05, 0.1) is 0 Å². The molecule has 0 aliphatic carbocycles. The van der Waals surface area contributed by atoms with Crippen molar-refractivity contribution in [1.82, 2.24) is 15.6 Å². The molecule has 0 spiro atoms. The lowest BCUT2D eigenvalue weighted by Gasteiger charge is -2.12. The molecule has 2 aromatic carbocycles. The molecule has 0 saturated heterocycles. The Morgan fingerprint density at radius 1 is 0.962 bits per heavy atom. The number of hydrogen-bond acceptors (Lipinski definition) is 1. The van der Waals surface area contributed by atoms with Crippen LogP contribution in [-0.4, -0.2) is 31.1 Å². The van der Waals surface area contributed by atoms with Crippen LogP contribution in [0.1, 0.15) is 16.7 Å². The lowest BCUT2D eigenvalue weighted by atomic mass is 10.1. The van der Waals surface area contributed by atoms with Crippen molar-refractivity contribution < 1.29 is 0 Å². The highest BCUT2D eigenvalue weighted by Crippen LogP contribution is 2.22. The van der Waals surface area contributed by atoms with E-state index in [0.29, 0.717) is 0 Å². The first-order chi connectivity index (χ1) is 12.3. The van der Waals surface area contributed by atoms with E-state index >= 15 is 0 Å². The molecule has 1 heterocycles. The summed E-state index contributed by atoms with van der Waals surface area (Å²) in [7, 11) is 1.81. The highest BCUT2D eigenvalue weighted by Gasteiger charge is 2.06. The Morgan fingerprint density at radius 2 is 1.69 bits per heavy atom. The fourth-order valence-electron chi connectivity index (χ4n) is 3.15. The normalized spacial score (nSPS) is 11.2. The zero-order chi connectivity index (χ0) is 17.5. The predicted octanol–water partition coefficient (Wildman–Crippen LogP) is 4.04. The van der Waals surface area contributed by atoms with Gasteiger partial charge in [-0.05, 0) is 42.5 Å². The molecule has 5 heteroatoms. The lowest BCUT2D eigenvalue weighted by molar-refractivity contribution is 0.785. The fraction of sp³-hybridized carbons (Fsp3) is 0.286. The minimum absolute atomic E-state index is 0. The van der Waals surface area contributed by atoms with Crippen LogP contribution in [0.4, 0.5) is 0 Å². The summed E-state index contributed by atoms with van der Waals surface area (Å²) < 4.78 is 0. The van der Waals surface area contributed by atoms with Crippen molar-refractivity contribution in [3.8, 4) is 0 Å². The molecular formula is C21H27IN4. The zero-order valence-electron chi connectivity index (χ0n) is 15.4. The number of aliphatic imine (C=N–C) groups is 1. The molecule has 138 valence electrons. The van der Waals surface area contributed by atoms with Crippen LogP contribution in [-0.2, 0) is 12.8 Å². The minimum Gasteiger partial charge on any atom is -0.361 e. The smallest absolute Gasteiger partial charge is 0.190 e. The average Bonchev–Trinajstić information content (AvgIpc) is 3.06. The van der Waals surface area contributed by atoms with Gasteiger partial charge in [-0.3, -0.25) is 4.99 Å². The summed E-state index contributed by atoms with van der Waals surface area (Å²) in [5.74, 6) is 0.854. The summed E-state index contributed by atoms with van der Waals surface area (Å²) in [5.41, 5.74) is 5.21. The van der Waals surface area contributed by atoms with Gasteiger partial charge in [0.15, 0.2) is 5.96 Å². The quantitative estimate of drug-likeness (QED) is 0.294. The maximum Gasteiger partial charge on any atom is 0.190 e. The van der Waals surface area contributed by atoms with Gasteiger partial charge in [-0.25, -0.2) is 0 Å². The summed E-state index contributed by atoms with van der Waals surface area (Å²) in [4.78, 5) is 7.66. The Bertz CT molecular complexity index is 840. The van der Waals surface area contributed by atoms with Crippen LogP contribution in [0.3, 0.4) is 0 Å². The van der Waals surface area contributed by atoms with Gasteiger partial charge in [0.2, 0.25) is 0 Å². The van der Waals surface area contributed by atoms with Gasteiger partial charge in [-0.1, -0.05) is 42.5 Å². The molecule has 3 N–H and O–H groups in total. The molecular weight excluding hydrogens is 435 g/mol. The third-order valence-corrected chi connectivity index (χ3v) is 4.46. The molecule has 26 heavy (non-hydrogen) atoms. The van der Waals surface area contributed by atoms with Gasteiger partial charge < -0.3 is 15.6 Å². The number of aromatic amines is 1. The van der Waals surface area contributed by atoms with Crippen molar-refractivity contribution in [2.45, 2.75) is 19.8 Å². The standard InChI is InChI=1S/C21H26N4.HI/c1-16-7-6-10-19-20(16)18(15-25-19)12-14-24-21(22-2)23-13-11-17-8-4-3-5-9-17;/h3-10,15,25H,11-14H2,1-2H3,(H2,22,23,24);1H. The molecule has 0 radical (unpaired) electrons. The highest BCUT2D eigenvalue weighted by molar-refractivity contribution is 14.0. The van der Waals surface area contributed by atoms with E-state index < -0.39 is 0 Å². The maximum atomic E-state index is 4.30. The van der Waals surface area contributed by atoms with E-state index in [4.69, 9.17) is 0 Å². The van der Waals surface area contributed by atoms with Gasteiger partial charge in [-0.2, -0.15) is 0 Å². The van der Waals surface area contributed by atoms with Gasteiger partial charge >= 0.3 is 0 Å². The van der Waals surface area contributed by atoms with Crippen LogP contribution in [0.5, 0.6) is 0 Å². The van der Waals surface area contributed by atoms with Crippen molar-refractivity contribution in [3.05, 3.63) is 71.4 Å². The second-order valence-corrected chi connectivity index (χ2v) is 6.22. The first-order valence-electron chi connectivity index (χ1n) is 8.82. The zero-order valence-corrected chi connectivity index (χ0v) is 17.7. The summed E-state index contributed by atoms with van der Waals surface area (Å²) in [6.07, 6.45) is 4.07. The van der Waals surface area contributed by atoms with Crippen molar-refractivity contribution in [3.63, 3.8) is 0 Å². The molecule has 0 saturated carbocycles. The molecule has 0 aliphatic rings. The highest BCUT2D eigenvalue weighted by atomic mass is 127. The Kier molecular flexibility index (Phi) is 7.97. The van der Waals surface area contributed by atoms with Crippen molar-refractivity contribution in [1.29, 1.82) is 0 Å². The third kappa shape index (κ3) is 5.24. The lowest BCUT2D eigenvalue weighted by Crippen LogP contribution is -2.39. The van der Waals surface area contributed by atoms with E-state index in [2.05, 4.69) is 76.2 Å².